The molecule has 0 aliphatic carbocycles. The van der Waals surface area contributed by atoms with Gasteiger partial charge in [-0.25, -0.2) is 0 Å². The van der Waals surface area contributed by atoms with Crippen molar-refractivity contribution in [2.75, 3.05) is 13.6 Å². The molecule has 2 unspecified atom stereocenters. The van der Waals surface area contributed by atoms with Gasteiger partial charge in [0.15, 0.2) is 0 Å². The number of hydrogen-bond acceptors (Lipinski definition) is 3. The highest BCUT2D eigenvalue weighted by Gasteiger charge is 2.22. The van der Waals surface area contributed by atoms with Crippen LogP contribution in [0.25, 0.3) is 0 Å². The highest BCUT2D eigenvalue weighted by molar-refractivity contribution is 5.28. The fourth-order valence-electron chi connectivity index (χ4n) is 3.49. The summed E-state index contributed by atoms with van der Waals surface area (Å²) in [5.41, 5.74) is 3.81. The molecule has 27 heavy (non-hydrogen) atoms. The van der Waals surface area contributed by atoms with E-state index in [1.807, 2.05) is 19.2 Å². The first-order valence-electron chi connectivity index (χ1n) is 9.56. The largest absolute Gasteiger partial charge is 0.508 e. The minimum absolute atomic E-state index is 0.193. The number of phenols is 1. The highest BCUT2D eigenvalue weighted by Crippen LogP contribution is 2.28. The van der Waals surface area contributed by atoms with Gasteiger partial charge >= 0.3 is 0 Å². The van der Waals surface area contributed by atoms with E-state index < -0.39 is 0 Å². The van der Waals surface area contributed by atoms with E-state index in [0.29, 0.717) is 5.75 Å². The average Bonchev–Trinajstić information content (AvgIpc) is 2.73. The maximum absolute atomic E-state index is 9.40. The minimum atomic E-state index is 0.193. The van der Waals surface area contributed by atoms with Crippen LogP contribution in [0.2, 0.25) is 0 Å². The van der Waals surface area contributed by atoms with Crippen LogP contribution in [0.3, 0.4) is 0 Å². The SMILES string of the molecule is CNC(c1ccccc1)C(NCCCc1ccc(O)cc1)c1ccccc1. The molecule has 3 heteroatoms. The van der Waals surface area contributed by atoms with E-state index >= 15 is 0 Å². The predicted octanol–water partition coefficient (Wildman–Crippen LogP) is 4.62. The van der Waals surface area contributed by atoms with Crippen LogP contribution in [0.4, 0.5) is 0 Å². The maximum atomic E-state index is 9.40. The first-order valence-corrected chi connectivity index (χ1v) is 9.56. The summed E-state index contributed by atoms with van der Waals surface area (Å²) in [5, 5.41) is 16.7. The van der Waals surface area contributed by atoms with E-state index in [0.717, 1.165) is 19.4 Å². The van der Waals surface area contributed by atoms with E-state index in [-0.39, 0.29) is 12.1 Å². The lowest BCUT2D eigenvalue weighted by atomic mass is 9.93. The number of hydrogen-bond donors (Lipinski definition) is 3. The van der Waals surface area contributed by atoms with Crippen molar-refractivity contribution >= 4 is 0 Å². The summed E-state index contributed by atoms with van der Waals surface area (Å²) in [6, 6.07) is 29.1. The van der Waals surface area contributed by atoms with Crippen molar-refractivity contribution in [3.63, 3.8) is 0 Å². The molecular formula is C24H28N2O. The van der Waals surface area contributed by atoms with Crippen LogP contribution in [-0.2, 0) is 6.42 Å². The third-order valence-electron chi connectivity index (χ3n) is 4.90. The lowest BCUT2D eigenvalue weighted by Gasteiger charge is -2.29. The summed E-state index contributed by atoms with van der Waals surface area (Å²) >= 11 is 0. The van der Waals surface area contributed by atoms with Crippen LogP contribution >= 0.6 is 0 Å². The number of aryl methyl sites for hydroxylation is 1. The van der Waals surface area contributed by atoms with Crippen LogP contribution in [0.1, 0.15) is 35.2 Å². The Morgan fingerprint density at radius 3 is 1.85 bits per heavy atom. The fraction of sp³-hybridized carbons (Fsp3) is 0.250. The van der Waals surface area contributed by atoms with Gasteiger partial charge in [0, 0.05) is 0 Å². The first kappa shape index (κ1) is 19.2. The molecule has 0 saturated heterocycles. The van der Waals surface area contributed by atoms with Gasteiger partial charge in [0.25, 0.3) is 0 Å². The Balaban J connectivity index is 1.68. The molecule has 3 N–H and O–H groups in total. The van der Waals surface area contributed by atoms with Gasteiger partial charge in [-0.2, -0.15) is 0 Å². The zero-order valence-corrected chi connectivity index (χ0v) is 15.8. The molecule has 0 saturated carbocycles. The maximum Gasteiger partial charge on any atom is 0.115 e. The molecule has 3 rings (SSSR count). The van der Waals surface area contributed by atoms with Gasteiger partial charge in [0.05, 0.1) is 12.1 Å². The van der Waals surface area contributed by atoms with Crippen LogP contribution < -0.4 is 10.6 Å². The molecule has 0 aromatic heterocycles. The van der Waals surface area contributed by atoms with Gasteiger partial charge in [-0.1, -0.05) is 72.8 Å². The molecule has 3 aromatic rings. The Morgan fingerprint density at radius 2 is 1.30 bits per heavy atom. The quantitative estimate of drug-likeness (QED) is 0.488. The predicted molar refractivity (Wildman–Crippen MR) is 112 cm³/mol. The summed E-state index contributed by atoms with van der Waals surface area (Å²) in [6.45, 7) is 0.922. The van der Waals surface area contributed by atoms with Gasteiger partial charge in [0.1, 0.15) is 5.75 Å². The summed E-state index contributed by atoms with van der Waals surface area (Å²) in [6.07, 6.45) is 2.03. The van der Waals surface area contributed by atoms with Gasteiger partial charge in [-0.15, -0.1) is 0 Å². The van der Waals surface area contributed by atoms with E-state index in [1.165, 1.54) is 16.7 Å². The number of nitrogens with one attached hydrogen (secondary N) is 2. The van der Waals surface area contributed by atoms with Gasteiger partial charge in [0.2, 0.25) is 0 Å². The zero-order valence-electron chi connectivity index (χ0n) is 15.8. The molecule has 3 nitrogen and oxygen atoms in total. The summed E-state index contributed by atoms with van der Waals surface area (Å²) in [4.78, 5) is 0. The Kier molecular flexibility index (Phi) is 7.03. The van der Waals surface area contributed by atoms with E-state index in [4.69, 9.17) is 0 Å². The molecule has 0 bridgehead atoms. The molecule has 0 radical (unpaired) electrons. The number of rotatable bonds is 9. The van der Waals surface area contributed by atoms with Crippen molar-refractivity contribution in [1.82, 2.24) is 10.6 Å². The molecule has 2 atom stereocenters. The second kappa shape index (κ2) is 9.91. The van der Waals surface area contributed by atoms with Crippen molar-refractivity contribution in [1.29, 1.82) is 0 Å². The smallest absolute Gasteiger partial charge is 0.115 e. The van der Waals surface area contributed by atoms with E-state index in [1.54, 1.807) is 12.1 Å². The van der Waals surface area contributed by atoms with Crippen LogP contribution in [-0.4, -0.2) is 18.7 Å². The molecule has 0 spiro atoms. The molecule has 0 amide bonds. The topological polar surface area (TPSA) is 44.3 Å². The van der Waals surface area contributed by atoms with Crippen molar-refractivity contribution < 1.29 is 5.11 Å². The van der Waals surface area contributed by atoms with Crippen molar-refractivity contribution in [3.8, 4) is 5.75 Å². The second-order valence-corrected chi connectivity index (χ2v) is 6.79. The van der Waals surface area contributed by atoms with Gasteiger partial charge < -0.3 is 15.7 Å². The number of likely N-dealkylation sites (N-methyl/N-ethyl adjacent to an activating group) is 1. The van der Waals surface area contributed by atoms with E-state index in [2.05, 4.69) is 71.3 Å². The molecule has 3 aromatic carbocycles. The second-order valence-electron chi connectivity index (χ2n) is 6.79. The molecule has 0 aliphatic rings. The monoisotopic (exact) mass is 360 g/mol. The first-order chi connectivity index (χ1) is 13.3. The number of benzene rings is 3. The lowest BCUT2D eigenvalue weighted by Crippen LogP contribution is -2.34. The van der Waals surface area contributed by atoms with Gasteiger partial charge in [-0.3, -0.25) is 0 Å². The molecular weight excluding hydrogens is 332 g/mol. The third-order valence-corrected chi connectivity index (χ3v) is 4.90. The van der Waals surface area contributed by atoms with Crippen LogP contribution in [0.15, 0.2) is 84.9 Å². The van der Waals surface area contributed by atoms with Crippen LogP contribution in [0.5, 0.6) is 5.75 Å². The third kappa shape index (κ3) is 5.43. The fourth-order valence-corrected chi connectivity index (χ4v) is 3.49. The number of aromatic hydroxyl groups is 1. The van der Waals surface area contributed by atoms with Crippen LogP contribution in [0, 0.1) is 0 Å². The van der Waals surface area contributed by atoms with Crippen molar-refractivity contribution in [2.45, 2.75) is 24.9 Å². The number of phenolic OH excluding ortho intramolecular Hbond substituents is 1. The molecule has 0 fully saturated rings. The van der Waals surface area contributed by atoms with Gasteiger partial charge in [-0.05, 0) is 55.3 Å². The minimum Gasteiger partial charge on any atom is -0.508 e. The van der Waals surface area contributed by atoms with Crippen molar-refractivity contribution in [3.05, 3.63) is 102 Å². The Hall–Kier alpha value is -2.62. The zero-order chi connectivity index (χ0) is 18.9. The summed E-state index contributed by atoms with van der Waals surface area (Å²) < 4.78 is 0. The lowest BCUT2D eigenvalue weighted by molar-refractivity contribution is 0.403. The standard InChI is InChI=1S/C24H28N2O/c1-25-23(20-10-4-2-5-11-20)24(21-12-6-3-7-13-21)26-18-8-9-19-14-16-22(27)17-15-19/h2-7,10-17,23-27H,8-9,18H2,1H3. The Labute approximate surface area is 162 Å². The highest BCUT2D eigenvalue weighted by atomic mass is 16.3. The summed E-state index contributed by atoms with van der Waals surface area (Å²) in [5.74, 6) is 0.320. The normalized spacial score (nSPS) is 13.2. The van der Waals surface area contributed by atoms with E-state index in [9.17, 15) is 5.11 Å². The molecule has 140 valence electrons. The Morgan fingerprint density at radius 1 is 0.741 bits per heavy atom. The molecule has 0 heterocycles. The van der Waals surface area contributed by atoms with Crippen molar-refractivity contribution in [2.24, 2.45) is 0 Å². The average molecular weight is 361 g/mol. The molecule has 0 aliphatic heterocycles. The Bertz CT molecular complexity index is 788. The summed E-state index contributed by atoms with van der Waals surface area (Å²) in [7, 11) is 2.02.